The molecule has 0 saturated carbocycles. The van der Waals surface area contributed by atoms with Gasteiger partial charge >= 0.3 is 0 Å². The molecule has 2 aromatic carbocycles. The van der Waals surface area contributed by atoms with Crippen LogP contribution in [0.1, 0.15) is 47.2 Å². The van der Waals surface area contributed by atoms with Crippen LogP contribution in [0.4, 0.5) is 0 Å². The Morgan fingerprint density at radius 3 is 2.41 bits per heavy atom. The summed E-state index contributed by atoms with van der Waals surface area (Å²) in [4.78, 5) is 18.0. The number of hydrogen-bond donors (Lipinski definition) is 0. The van der Waals surface area contributed by atoms with Crippen LogP contribution in [0, 0.1) is 0 Å². The van der Waals surface area contributed by atoms with E-state index in [4.69, 9.17) is 0 Å². The van der Waals surface area contributed by atoms with Gasteiger partial charge in [-0.3, -0.25) is 9.69 Å². The quantitative estimate of drug-likeness (QED) is 0.797. The Bertz CT molecular complexity index is 752. The average Bonchev–Trinajstić information content (AvgIpc) is 3.28. The Kier molecular flexibility index (Phi) is 5.88. The van der Waals surface area contributed by atoms with Gasteiger partial charge in [0.05, 0.1) is 0 Å². The molecule has 2 aromatic rings. The molecule has 142 valence electrons. The summed E-state index contributed by atoms with van der Waals surface area (Å²) in [5.41, 5.74) is 3.40. The van der Waals surface area contributed by atoms with Crippen LogP contribution in [0.2, 0.25) is 0 Å². The molecule has 3 heteroatoms. The lowest BCUT2D eigenvalue weighted by Gasteiger charge is -2.37. The molecular formula is C24H30N2O. The van der Waals surface area contributed by atoms with Gasteiger partial charge in [0.2, 0.25) is 0 Å². The maximum Gasteiger partial charge on any atom is 0.254 e. The van der Waals surface area contributed by atoms with Crippen LogP contribution >= 0.6 is 0 Å². The third kappa shape index (κ3) is 4.41. The second-order valence-corrected chi connectivity index (χ2v) is 7.93. The number of carbonyl (C=O) groups is 1. The average molecular weight is 363 g/mol. The summed E-state index contributed by atoms with van der Waals surface area (Å²) in [6.07, 6.45) is 6.87. The molecule has 0 bridgehead atoms. The van der Waals surface area contributed by atoms with Crippen molar-refractivity contribution in [3.8, 4) is 0 Å². The molecule has 0 radical (unpaired) electrons. The number of benzene rings is 2. The molecule has 1 unspecified atom stereocenters. The second kappa shape index (κ2) is 8.71. The summed E-state index contributed by atoms with van der Waals surface area (Å²) in [5, 5.41) is 0. The topological polar surface area (TPSA) is 23.6 Å². The first-order valence-corrected chi connectivity index (χ1v) is 10.5. The Morgan fingerprint density at radius 2 is 1.59 bits per heavy atom. The molecule has 0 N–H and O–H groups in total. The highest BCUT2D eigenvalue weighted by atomic mass is 16.2. The van der Waals surface area contributed by atoms with Crippen LogP contribution in [0.5, 0.6) is 0 Å². The fraction of sp³-hybridized carbons (Fsp3) is 0.458. The highest BCUT2D eigenvalue weighted by Crippen LogP contribution is 2.23. The van der Waals surface area contributed by atoms with Gasteiger partial charge in [-0.1, -0.05) is 48.5 Å². The Morgan fingerprint density at radius 1 is 0.852 bits per heavy atom. The van der Waals surface area contributed by atoms with Crippen molar-refractivity contribution in [3.05, 3.63) is 71.3 Å². The Labute approximate surface area is 163 Å². The van der Waals surface area contributed by atoms with Crippen LogP contribution in [-0.2, 0) is 12.8 Å². The lowest BCUT2D eigenvalue weighted by molar-refractivity contribution is 0.0607. The van der Waals surface area contributed by atoms with Crippen molar-refractivity contribution in [3.63, 3.8) is 0 Å². The molecule has 2 heterocycles. The van der Waals surface area contributed by atoms with Crippen LogP contribution in [0.25, 0.3) is 0 Å². The third-order valence-corrected chi connectivity index (χ3v) is 6.11. The molecule has 0 aliphatic carbocycles. The van der Waals surface area contributed by atoms with Gasteiger partial charge in [-0.25, -0.2) is 0 Å². The van der Waals surface area contributed by atoms with Gasteiger partial charge in [0, 0.05) is 24.7 Å². The smallest absolute Gasteiger partial charge is 0.254 e. The molecule has 4 rings (SSSR count). The minimum absolute atomic E-state index is 0.225. The summed E-state index contributed by atoms with van der Waals surface area (Å²) in [7, 11) is 0. The molecule has 2 aliphatic rings. The minimum atomic E-state index is 0.225. The lowest BCUT2D eigenvalue weighted by atomic mass is 9.97. The first-order valence-electron chi connectivity index (χ1n) is 10.5. The molecule has 1 amide bonds. The predicted molar refractivity (Wildman–Crippen MR) is 110 cm³/mol. The summed E-state index contributed by atoms with van der Waals surface area (Å²) >= 11 is 0. The number of amides is 1. The molecule has 27 heavy (non-hydrogen) atoms. The molecule has 2 saturated heterocycles. The largest absolute Gasteiger partial charge is 0.337 e. The van der Waals surface area contributed by atoms with Crippen molar-refractivity contribution in [1.82, 2.24) is 9.80 Å². The zero-order valence-corrected chi connectivity index (χ0v) is 16.1. The summed E-state index contributed by atoms with van der Waals surface area (Å²) in [5.74, 6) is 0.225. The third-order valence-electron chi connectivity index (χ3n) is 6.11. The van der Waals surface area contributed by atoms with Crippen molar-refractivity contribution in [2.24, 2.45) is 0 Å². The summed E-state index contributed by atoms with van der Waals surface area (Å²) in [6, 6.07) is 19.3. The van der Waals surface area contributed by atoms with Gasteiger partial charge in [-0.2, -0.15) is 0 Å². The standard InChI is InChI=1S/C24H30N2O/c27-24(26-18-8-12-22(19-26)25-16-6-7-17-25)23-13-5-4-11-21(23)15-14-20-9-2-1-3-10-20/h1-5,9-11,13,22H,6-8,12,14-19H2. The zero-order valence-electron chi connectivity index (χ0n) is 16.1. The van der Waals surface area contributed by atoms with Gasteiger partial charge in [0.1, 0.15) is 0 Å². The van der Waals surface area contributed by atoms with Crippen molar-refractivity contribution < 1.29 is 4.79 Å². The van der Waals surface area contributed by atoms with E-state index in [9.17, 15) is 4.79 Å². The molecular weight excluding hydrogens is 332 g/mol. The Hall–Kier alpha value is -2.13. The number of aryl methyl sites for hydroxylation is 2. The minimum Gasteiger partial charge on any atom is -0.337 e. The van der Waals surface area contributed by atoms with Crippen LogP contribution in [0.15, 0.2) is 54.6 Å². The van der Waals surface area contributed by atoms with Gasteiger partial charge in [-0.15, -0.1) is 0 Å². The van der Waals surface area contributed by atoms with Crippen LogP contribution in [-0.4, -0.2) is 47.9 Å². The van der Waals surface area contributed by atoms with E-state index in [-0.39, 0.29) is 5.91 Å². The van der Waals surface area contributed by atoms with E-state index in [0.29, 0.717) is 6.04 Å². The number of hydrogen-bond acceptors (Lipinski definition) is 2. The number of rotatable bonds is 5. The van der Waals surface area contributed by atoms with E-state index in [1.165, 1.54) is 43.5 Å². The number of likely N-dealkylation sites (tertiary alicyclic amines) is 2. The van der Waals surface area contributed by atoms with Crippen LogP contribution < -0.4 is 0 Å². The van der Waals surface area contributed by atoms with Crippen molar-refractivity contribution >= 4 is 5.91 Å². The highest BCUT2D eigenvalue weighted by molar-refractivity contribution is 5.95. The van der Waals surface area contributed by atoms with Crippen LogP contribution in [0.3, 0.4) is 0 Å². The zero-order chi connectivity index (χ0) is 18.5. The molecule has 0 spiro atoms. The molecule has 2 aliphatic heterocycles. The van der Waals surface area contributed by atoms with Crippen molar-refractivity contribution in [2.75, 3.05) is 26.2 Å². The fourth-order valence-electron chi connectivity index (χ4n) is 4.58. The van der Waals surface area contributed by atoms with Gasteiger partial charge in [0.25, 0.3) is 5.91 Å². The predicted octanol–water partition coefficient (Wildman–Crippen LogP) is 4.17. The number of piperidine rings is 1. The van der Waals surface area contributed by atoms with E-state index < -0.39 is 0 Å². The monoisotopic (exact) mass is 362 g/mol. The number of nitrogens with zero attached hydrogens (tertiary/aromatic N) is 2. The molecule has 1 atom stereocenters. The van der Waals surface area contributed by atoms with E-state index in [0.717, 1.165) is 37.9 Å². The lowest BCUT2D eigenvalue weighted by Crippen LogP contribution is -2.49. The summed E-state index contributed by atoms with van der Waals surface area (Å²) in [6.45, 7) is 4.21. The maximum absolute atomic E-state index is 13.3. The Balaban J connectivity index is 1.45. The second-order valence-electron chi connectivity index (χ2n) is 7.93. The molecule has 2 fully saturated rings. The first kappa shape index (κ1) is 18.2. The van der Waals surface area contributed by atoms with Crippen molar-refractivity contribution in [1.29, 1.82) is 0 Å². The van der Waals surface area contributed by atoms with E-state index in [1.54, 1.807) is 0 Å². The highest BCUT2D eigenvalue weighted by Gasteiger charge is 2.30. The van der Waals surface area contributed by atoms with Gasteiger partial charge < -0.3 is 4.90 Å². The van der Waals surface area contributed by atoms with E-state index in [1.807, 2.05) is 18.2 Å². The normalized spacial score (nSPS) is 20.7. The van der Waals surface area contributed by atoms with Gasteiger partial charge in [-0.05, 0) is 68.8 Å². The molecule has 3 nitrogen and oxygen atoms in total. The SMILES string of the molecule is O=C(c1ccccc1CCc1ccccc1)N1CCCC(N2CCCC2)C1. The maximum atomic E-state index is 13.3. The van der Waals surface area contributed by atoms with Gasteiger partial charge in [0.15, 0.2) is 0 Å². The first-order chi connectivity index (χ1) is 13.3. The van der Waals surface area contributed by atoms with E-state index >= 15 is 0 Å². The number of carbonyl (C=O) groups excluding carboxylic acids is 1. The van der Waals surface area contributed by atoms with E-state index in [2.05, 4.69) is 46.2 Å². The fourth-order valence-corrected chi connectivity index (χ4v) is 4.58. The summed E-state index contributed by atoms with van der Waals surface area (Å²) < 4.78 is 0. The van der Waals surface area contributed by atoms with Crippen molar-refractivity contribution in [2.45, 2.75) is 44.6 Å². The molecule has 0 aromatic heterocycles.